The number of hydrogen-bond acceptors (Lipinski definition) is 5. The van der Waals surface area contributed by atoms with Crippen LogP contribution in [-0.2, 0) is 0 Å². The van der Waals surface area contributed by atoms with Crippen LogP contribution in [0.3, 0.4) is 0 Å². The summed E-state index contributed by atoms with van der Waals surface area (Å²) in [6.45, 7) is 1.01. The average Bonchev–Trinajstić information content (AvgIpc) is 3.05. The summed E-state index contributed by atoms with van der Waals surface area (Å²) in [5.74, 6) is 4.48. The van der Waals surface area contributed by atoms with E-state index in [0.29, 0.717) is 47.6 Å². The Balaban J connectivity index is 1.46. The van der Waals surface area contributed by atoms with Crippen LogP contribution in [0.1, 0.15) is 30.9 Å². The molecule has 2 atom stereocenters. The summed E-state index contributed by atoms with van der Waals surface area (Å²) in [5.41, 5.74) is 2.92. The first kappa shape index (κ1) is 25.0. The van der Waals surface area contributed by atoms with Crippen molar-refractivity contribution in [2.45, 2.75) is 31.3 Å². The highest BCUT2D eigenvalue weighted by Crippen LogP contribution is 2.40. The molecule has 0 radical (unpaired) electrons. The minimum atomic E-state index is -0.449. The number of nitrogens with one attached hydrogen (secondary N) is 1. The lowest BCUT2D eigenvalue weighted by Crippen LogP contribution is -2.47. The molecule has 2 aromatic carbocycles. The number of allylic oxidation sites excluding steroid dienone is 2. The zero-order chi connectivity index (χ0) is 25.8. The van der Waals surface area contributed by atoms with Gasteiger partial charge >= 0.3 is 6.09 Å². The monoisotopic (exact) mass is 533 g/mol. The third-order valence-corrected chi connectivity index (χ3v) is 6.86. The first-order valence-corrected chi connectivity index (χ1v) is 12.8. The number of aliphatic imine (C=N–C) groups is 1. The highest BCUT2D eigenvalue weighted by molar-refractivity contribution is 6.31. The lowest BCUT2D eigenvalue weighted by atomic mass is 9.88. The highest BCUT2D eigenvalue weighted by atomic mass is 35.5. The van der Waals surface area contributed by atoms with Gasteiger partial charge in [0.1, 0.15) is 23.4 Å². The minimum absolute atomic E-state index is 0.190. The van der Waals surface area contributed by atoms with Crippen molar-refractivity contribution in [3.8, 4) is 23.8 Å². The maximum atomic E-state index is 13.4. The summed E-state index contributed by atoms with van der Waals surface area (Å²) >= 11 is 12.4. The van der Waals surface area contributed by atoms with Gasteiger partial charge in [0.25, 0.3) is 0 Å². The van der Waals surface area contributed by atoms with E-state index in [0.717, 1.165) is 29.0 Å². The van der Waals surface area contributed by atoms with Crippen LogP contribution < -0.4 is 14.8 Å². The van der Waals surface area contributed by atoms with Crippen molar-refractivity contribution in [1.29, 1.82) is 0 Å². The topological polar surface area (TPSA) is 63.2 Å². The van der Waals surface area contributed by atoms with Crippen molar-refractivity contribution in [1.82, 2.24) is 10.2 Å². The Morgan fingerprint density at radius 3 is 2.62 bits per heavy atom. The van der Waals surface area contributed by atoms with Gasteiger partial charge < -0.3 is 14.8 Å². The molecule has 1 amide bonds. The number of nitrogens with zero attached hydrogens (tertiary/aromatic N) is 2. The molecule has 0 spiro atoms. The summed E-state index contributed by atoms with van der Waals surface area (Å²) in [6.07, 6.45) is 12.6. The van der Waals surface area contributed by atoms with Gasteiger partial charge in [-0.25, -0.2) is 4.79 Å². The molecule has 1 N–H and O–H groups in total. The van der Waals surface area contributed by atoms with Crippen molar-refractivity contribution in [3.63, 3.8) is 0 Å². The molecule has 188 valence electrons. The molecule has 3 heterocycles. The molecule has 0 saturated carbocycles. The van der Waals surface area contributed by atoms with Gasteiger partial charge in [-0.2, -0.15) is 0 Å². The predicted octanol–water partition coefficient (Wildman–Crippen LogP) is 6.39. The first-order chi connectivity index (χ1) is 18.0. The molecule has 0 fully saturated rings. The standard InChI is InChI=1S/C29H25Cl2N3O3/c1-2-3-4-17-36-22-10-5-19(6-11-22)28-27-24(25-18-21(31)9-14-26(32-25)33-27)15-16-34(28)29(35)37-23-12-7-20(30)8-13-23/h1,5-14,18,25,28H,3-4,15-17H2,(H,32,33)/t25?,28-/m0/s1. The fraction of sp³-hybridized carbons (Fsp3) is 0.241. The number of unbranched alkanes of at least 4 members (excludes halogenated alkanes) is 1. The minimum Gasteiger partial charge on any atom is -0.494 e. The van der Waals surface area contributed by atoms with Crippen LogP contribution in [-0.4, -0.2) is 36.0 Å². The van der Waals surface area contributed by atoms with Crippen molar-refractivity contribution in [2.24, 2.45) is 4.99 Å². The van der Waals surface area contributed by atoms with Crippen molar-refractivity contribution < 1.29 is 14.3 Å². The lowest BCUT2D eigenvalue weighted by Gasteiger charge is -2.41. The fourth-order valence-corrected chi connectivity index (χ4v) is 4.90. The number of amidine groups is 1. The Bertz CT molecular complexity index is 1340. The number of hydrogen-bond donors (Lipinski definition) is 1. The molecule has 3 aliphatic heterocycles. The Kier molecular flexibility index (Phi) is 7.55. The van der Waals surface area contributed by atoms with E-state index < -0.39 is 12.1 Å². The molecule has 37 heavy (non-hydrogen) atoms. The summed E-state index contributed by atoms with van der Waals surface area (Å²) in [6, 6.07) is 13.9. The number of benzene rings is 2. The second-order valence-corrected chi connectivity index (χ2v) is 9.67. The van der Waals surface area contributed by atoms with Gasteiger partial charge in [-0.05, 0) is 78.6 Å². The number of ether oxygens (including phenoxy) is 2. The molecule has 1 unspecified atom stereocenters. The maximum Gasteiger partial charge on any atom is 0.416 e. The number of carbonyl (C=O) groups is 1. The molecule has 0 saturated heterocycles. The molecule has 5 rings (SSSR count). The molecule has 0 aliphatic carbocycles. The molecular weight excluding hydrogens is 509 g/mol. The van der Waals surface area contributed by atoms with Crippen LogP contribution in [0.2, 0.25) is 5.02 Å². The zero-order valence-electron chi connectivity index (χ0n) is 20.0. The smallest absolute Gasteiger partial charge is 0.416 e. The van der Waals surface area contributed by atoms with Gasteiger partial charge in [0.2, 0.25) is 0 Å². The number of terminal acetylenes is 1. The van der Waals surface area contributed by atoms with Gasteiger partial charge in [-0.15, -0.1) is 12.3 Å². The van der Waals surface area contributed by atoms with E-state index in [4.69, 9.17) is 44.1 Å². The van der Waals surface area contributed by atoms with Crippen LogP contribution in [0, 0.1) is 12.3 Å². The van der Waals surface area contributed by atoms with Crippen molar-refractivity contribution in [3.05, 3.63) is 93.6 Å². The van der Waals surface area contributed by atoms with E-state index in [2.05, 4.69) is 11.2 Å². The maximum absolute atomic E-state index is 13.4. The molecule has 0 aromatic heterocycles. The van der Waals surface area contributed by atoms with E-state index in [-0.39, 0.29) is 6.04 Å². The number of carbonyl (C=O) groups excluding carboxylic acids is 1. The lowest BCUT2D eigenvalue weighted by molar-refractivity contribution is 0.133. The second-order valence-electron chi connectivity index (χ2n) is 8.80. The third-order valence-electron chi connectivity index (χ3n) is 6.35. The number of halogens is 2. The van der Waals surface area contributed by atoms with Gasteiger partial charge in [0.05, 0.1) is 12.6 Å². The Labute approximate surface area is 226 Å². The van der Waals surface area contributed by atoms with Crippen LogP contribution >= 0.6 is 23.2 Å². The molecule has 3 aliphatic rings. The Morgan fingerprint density at radius 2 is 1.86 bits per heavy atom. The zero-order valence-corrected chi connectivity index (χ0v) is 21.5. The van der Waals surface area contributed by atoms with Crippen LogP contribution in [0.15, 0.2) is 88.1 Å². The molecule has 8 heteroatoms. The Hall–Kier alpha value is -3.66. The van der Waals surface area contributed by atoms with Gasteiger partial charge in [0, 0.05) is 28.7 Å². The van der Waals surface area contributed by atoms with Crippen LogP contribution in [0.25, 0.3) is 0 Å². The summed E-state index contributed by atoms with van der Waals surface area (Å²) in [4.78, 5) is 20.0. The van der Waals surface area contributed by atoms with E-state index in [1.54, 1.807) is 29.2 Å². The number of rotatable bonds is 6. The highest BCUT2D eigenvalue weighted by Gasteiger charge is 2.39. The molecule has 2 aromatic rings. The van der Waals surface area contributed by atoms with Gasteiger partial charge in [0.15, 0.2) is 0 Å². The van der Waals surface area contributed by atoms with Gasteiger partial charge in [-0.1, -0.05) is 35.3 Å². The van der Waals surface area contributed by atoms with Crippen LogP contribution in [0.4, 0.5) is 4.79 Å². The quantitative estimate of drug-likeness (QED) is 0.345. The number of fused-ring (bicyclic) bond motifs is 2. The first-order valence-electron chi connectivity index (χ1n) is 12.1. The third kappa shape index (κ3) is 5.69. The summed E-state index contributed by atoms with van der Waals surface area (Å²) < 4.78 is 11.6. The summed E-state index contributed by atoms with van der Waals surface area (Å²) in [7, 11) is 0. The van der Waals surface area contributed by atoms with Crippen molar-refractivity contribution in [2.75, 3.05) is 13.2 Å². The van der Waals surface area contributed by atoms with Gasteiger partial charge in [-0.3, -0.25) is 9.89 Å². The van der Waals surface area contributed by atoms with E-state index in [1.165, 1.54) is 0 Å². The Morgan fingerprint density at radius 1 is 1.11 bits per heavy atom. The SMILES string of the molecule is C#CCCCOc1ccc([C@H]2C3=C(CCN2C(=O)Oc2ccc(Cl)cc2)C2C=C(Cl)C=CC(=N2)N3)cc1. The van der Waals surface area contributed by atoms with Crippen LogP contribution in [0.5, 0.6) is 11.5 Å². The van der Waals surface area contributed by atoms with E-state index in [1.807, 2.05) is 42.5 Å². The number of amides is 1. The predicted molar refractivity (Wildman–Crippen MR) is 146 cm³/mol. The van der Waals surface area contributed by atoms with E-state index >= 15 is 0 Å². The molecular formula is C29H25Cl2N3O3. The van der Waals surface area contributed by atoms with Crippen molar-refractivity contribution >= 4 is 35.1 Å². The summed E-state index contributed by atoms with van der Waals surface area (Å²) in [5, 5.41) is 4.65. The molecule has 2 bridgehead atoms. The fourth-order valence-electron chi connectivity index (χ4n) is 4.59. The average molecular weight is 534 g/mol. The normalized spacial score (nSPS) is 20.1. The largest absolute Gasteiger partial charge is 0.494 e. The second kappa shape index (κ2) is 11.2. The van der Waals surface area contributed by atoms with E-state index in [9.17, 15) is 4.79 Å². The molecule has 6 nitrogen and oxygen atoms in total.